The molecule has 1 N–H and O–H groups in total. The molecule has 2 aliphatic rings. The smallest absolute Gasteiger partial charge is 0.337 e. The fourth-order valence-corrected chi connectivity index (χ4v) is 4.75. The van der Waals surface area contributed by atoms with Crippen molar-refractivity contribution >= 4 is 29.1 Å². The normalized spacial score (nSPS) is 20.5. The molecular weight excluding hydrogens is 428 g/mol. The predicted octanol–water partition coefficient (Wildman–Crippen LogP) is 4.05. The summed E-state index contributed by atoms with van der Waals surface area (Å²) in [5.41, 5.74) is 2.25. The Morgan fingerprint density at radius 2 is 1.97 bits per heavy atom. The van der Waals surface area contributed by atoms with Gasteiger partial charge in [0, 0.05) is 48.8 Å². The maximum absolute atomic E-state index is 12.8. The van der Waals surface area contributed by atoms with Gasteiger partial charge in [0.2, 0.25) is 5.91 Å². The van der Waals surface area contributed by atoms with Crippen molar-refractivity contribution in [2.45, 2.75) is 58.7 Å². The molecule has 9 heteroatoms. The van der Waals surface area contributed by atoms with Gasteiger partial charge in [-0.25, -0.2) is 0 Å². The average Bonchev–Trinajstić information content (AvgIpc) is 3.24. The van der Waals surface area contributed by atoms with Crippen LogP contribution >= 0.6 is 11.6 Å². The number of hydrogen-bond donors (Lipinski definition) is 1. The molecule has 0 aromatic heterocycles. The highest BCUT2D eigenvalue weighted by molar-refractivity contribution is 6.31. The Bertz CT molecular complexity index is 802. The van der Waals surface area contributed by atoms with Gasteiger partial charge in [-0.1, -0.05) is 24.4 Å². The summed E-state index contributed by atoms with van der Waals surface area (Å²) in [4.78, 5) is 29.0. The Hall–Kier alpha value is -1.77. The molecule has 1 aromatic rings. The standard InChI is InChI=1S/C22H30ClF2N3O3/c1-14-11-27(7-8-28(14)21(30)16-5-3-4-6-16)12-17-9-18(23)10-19(15(17)2)26-20(29)13-31-22(24)25/h9-10,14,16,22H,3-8,11-13H2,1-2H3,(H,26,29). The zero-order valence-electron chi connectivity index (χ0n) is 18.0. The third kappa shape index (κ3) is 6.37. The molecule has 1 aliphatic heterocycles. The van der Waals surface area contributed by atoms with E-state index in [0.29, 0.717) is 29.7 Å². The fraction of sp³-hybridized carbons (Fsp3) is 0.636. The van der Waals surface area contributed by atoms with Gasteiger partial charge in [0.15, 0.2) is 0 Å². The monoisotopic (exact) mass is 457 g/mol. The molecule has 3 rings (SSSR count). The molecule has 1 heterocycles. The number of hydrogen-bond acceptors (Lipinski definition) is 4. The number of amides is 2. The molecule has 0 radical (unpaired) electrons. The number of benzene rings is 1. The van der Waals surface area contributed by atoms with E-state index in [9.17, 15) is 18.4 Å². The second kappa shape index (κ2) is 10.7. The summed E-state index contributed by atoms with van der Waals surface area (Å²) >= 11 is 6.24. The highest BCUT2D eigenvalue weighted by atomic mass is 35.5. The number of anilines is 1. The second-order valence-corrected chi connectivity index (χ2v) is 8.89. The lowest BCUT2D eigenvalue weighted by atomic mass is 10.0. The molecule has 1 saturated heterocycles. The van der Waals surface area contributed by atoms with E-state index in [-0.39, 0.29) is 12.0 Å². The molecule has 31 heavy (non-hydrogen) atoms. The van der Waals surface area contributed by atoms with Crippen molar-refractivity contribution in [2.75, 3.05) is 31.6 Å². The largest absolute Gasteiger partial charge is 0.345 e. The lowest BCUT2D eigenvalue weighted by Crippen LogP contribution is -2.54. The van der Waals surface area contributed by atoms with Crippen LogP contribution in [0.15, 0.2) is 12.1 Å². The molecule has 1 atom stereocenters. The van der Waals surface area contributed by atoms with Gasteiger partial charge in [-0.05, 0) is 49.9 Å². The van der Waals surface area contributed by atoms with Gasteiger partial charge in [-0.2, -0.15) is 8.78 Å². The van der Waals surface area contributed by atoms with Crippen LogP contribution in [0.2, 0.25) is 5.02 Å². The van der Waals surface area contributed by atoms with Crippen molar-refractivity contribution in [1.82, 2.24) is 9.80 Å². The van der Waals surface area contributed by atoms with Crippen molar-refractivity contribution in [2.24, 2.45) is 5.92 Å². The Morgan fingerprint density at radius 3 is 2.61 bits per heavy atom. The van der Waals surface area contributed by atoms with E-state index >= 15 is 0 Å². The third-order valence-corrected chi connectivity index (χ3v) is 6.41. The highest BCUT2D eigenvalue weighted by Crippen LogP contribution is 2.29. The molecule has 1 unspecified atom stereocenters. The zero-order chi connectivity index (χ0) is 22.5. The summed E-state index contributed by atoms with van der Waals surface area (Å²) in [6.07, 6.45) is 4.30. The van der Waals surface area contributed by atoms with Crippen LogP contribution in [0.5, 0.6) is 0 Å². The SMILES string of the molecule is Cc1c(CN2CCN(C(=O)C3CCCC3)C(C)C2)cc(Cl)cc1NC(=O)COC(F)F. The zero-order valence-corrected chi connectivity index (χ0v) is 18.8. The average molecular weight is 458 g/mol. The fourth-order valence-electron chi connectivity index (χ4n) is 4.51. The van der Waals surface area contributed by atoms with E-state index < -0.39 is 19.1 Å². The maximum Gasteiger partial charge on any atom is 0.345 e. The summed E-state index contributed by atoms with van der Waals surface area (Å²) in [6, 6.07) is 3.58. The second-order valence-electron chi connectivity index (χ2n) is 8.45. The minimum absolute atomic E-state index is 0.131. The molecule has 0 bridgehead atoms. The third-order valence-electron chi connectivity index (χ3n) is 6.19. The van der Waals surface area contributed by atoms with E-state index in [1.54, 1.807) is 6.07 Å². The summed E-state index contributed by atoms with van der Waals surface area (Å²) in [6.45, 7) is 3.06. The first kappa shape index (κ1) is 23.9. The molecule has 2 fully saturated rings. The number of halogens is 3. The molecule has 1 aromatic carbocycles. The van der Waals surface area contributed by atoms with Crippen LogP contribution in [-0.2, 0) is 20.9 Å². The maximum atomic E-state index is 12.8. The van der Waals surface area contributed by atoms with E-state index in [1.165, 1.54) is 0 Å². The van der Waals surface area contributed by atoms with Crippen LogP contribution in [0, 0.1) is 12.8 Å². The lowest BCUT2D eigenvalue weighted by molar-refractivity contribution is -0.148. The van der Waals surface area contributed by atoms with Gasteiger partial charge in [0.05, 0.1) is 0 Å². The van der Waals surface area contributed by atoms with Crippen molar-refractivity contribution in [3.8, 4) is 0 Å². The number of nitrogens with one attached hydrogen (secondary N) is 1. The Kier molecular flexibility index (Phi) is 8.24. The molecule has 172 valence electrons. The first-order chi connectivity index (χ1) is 14.7. The number of alkyl halides is 2. The highest BCUT2D eigenvalue weighted by Gasteiger charge is 2.33. The van der Waals surface area contributed by atoms with Crippen LogP contribution in [-0.4, -0.2) is 60.5 Å². The first-order valence-corrected chi connectivity index (χ1v) is 11.1. The Morgan fingerprint density at radius 1 is 1.26 bits per heavy atom. The van der Waals surface area contributed by atoms with Crippen LogP contribution in [0.3, 0.4) is 0 Å². The number of carbonyl (C=O) groups is 2. The molecule has 2 amide bonds. The summed E-state index contributed by atoms with van der Waals surface area (Å²) in [5.74, 6) is -0.187. The van der Waals surface area contributed by atoms with E-state index in [1.807, 2.05) is 17.9 Å². The Labute approximate surface area is 186 Å². The van der Waals surface area contributed by atoms with Gasteiger partial charge >= 0.3 is 6.61 Å². The van der Waals surface area contributed by atoms with Gasteiger partial charge in [0.25, 0.3) is 5.91 Å². The summed E-state index contributed by atoms with van der Waals surface area (Å²) in [5, 5.41) is 3.05. The molecule has 1 aliphatic carbocycles. The van der Waals surface area contributed by atoms with Gasteiger partial charge in [-0.3, -0.25) is 14.5 Å². The van der Waals surface area contributed by atoms with Crippen LogP contribution < -0.4 is 5.32 Å². The van der Waals surface area contributed by atoms with E-state index in [0.717, 1.165) is 49.9 Å². The minimum atomic E-state index is -3.00. The van der Waals surface area contributed by atoms with Crippen molar-refractivity contribution < 1.29 is 23.1 Å². The summed E-state index contributed by atoms with van der Waals surface area (Å²) < 4.78 is 28.3. The number of ether oxygens (including phenoxy) is 1. The van der Waals surface area contributed by atoms with Crippen LogP contribution in [0.4, 0.5) is 14.5 Å². The van der Waals surface area contributed by atoms with Gasteiger partial charge in [0.1, 0.15) is 6.61 Å². The van der Waals surface area contributed by atoms with Crippen LogP contribution in [0.1, 0.15) is 43.7 Å². The van der Waals surface area contributed by atoms with E-state index in [4.69, 9.17) is 11.6 Å². The minimum Gasteiger partial charge on any atom is -0.337 e. The lowest BCUT2D eigenvalue weighted by Gasteiger charge is -2.41. The molecular formula is C22H30ClF2N3O3. The van der Waals surface area contributed by atoms with Crippen molar-refractivity contribution in [3.63, 3.8) is 0 Å². The van der Waals surface area contributed by atoms with Crippen LogP contribution in [0.25, 0.3) is 0 Å². The number of piperazine rings is 1. The quantitative estimate of drug-likeness (QED) is 0.671. The number of carbonyl (C=O) groups excluding carboxylic acids is 2. The predicted molar refractivity (Wildman–Crippen MR) is 115 cm³/mol. The summed E-state index contributed by atoms with van der Waals surface area (Å²) in [7, 11) is 0. The molecule has 0 spiro atoms. The number of rotatable bonds is 7. The topological polar surface area (TPSA) is 61.9 Å². The van der Waals surface area contributed by atoms with Crippen molar-refractivity contribution in [3.05, 3.63) is 28.3 Å². The number of nitrogens with zero attached hydrogens (tertiary/aromatic N) is 2. The van der Waals surface area contributed by atoms with Crippen molar-refractivity contribution in [1.29, 1.82) is 0 Å². The first-order valence-electron chi connectivity index (χ1n) is 10.8. The van der Waals surface area contributed by atoms with Gasteiger partial charge < -0.3 is 15.0 Å². The Balaban J connectivity index is 1.61. The van der Waals surface area contributed by atoms with E-state index in [2.05, 4.69) is 21.9 Å². The molecule has 6 nitrogen and oxygen atoms in total. The van der Waals surface area contributed by atoms with Gasteiger partial charge in [-0.15, -0.1) is 0 Å². The molecule has 1 saturated carbocycles.